The molecule has 28 heavy (non-hydrogen) atoms. The first-order valence-electron chi connectivity index (χ1n) is 7.90. The van der Waals surface area contributed by atoms with Gasteiger partial charge in [0.25, 0.3) is 0 Å². The third kappa shape index (κ3) is 5.15. The molecule has 10 nitrogen and oxygen atoms in total. The predicted octanol–water partition coefficient (Wildman–Crippen LogP) is 0.112. The molecule has 0 bridgehead atoms. The van der Waals surface area contributed by atoms with E-state index < -0.39 is 17.7 Å². The average Bonchev–Trinajstić information content (AvgIpc) is 3.19. The van der Waals surface area contributed by atoms with Crippen LogP contribution < -0.4 is 10.1 Å². The highest BCUT2D eigenvalue weighted by Crippen LogP contribution is 2.22. The summed E-state index contributed by atoms with van der Waals surface area (Å²) in [7, 11) is 1.56. The van der Waals surface area contributed by atoms with E-state index in [4.69, 9.17) is 19.4 Å². The Labute approximate surface area is 156 Å². The van der Waals surface area contributed by atoms with Crippen LogP contribution in [0.15, 0.2) is 24.4 Å². The number of morpholine rings is 1. The Kier molecular flexibility index (Phi) is 6.88. The fourth-order valence-corrected chi connectivity index (χ4v) is 2.25. The van der Waals surface area contributed by atoms with E-state index in [1.165, 1.54) is 0 Å². The second kappa shape index (κ2) is 8.95. The molecule has 0 aliphatic carbocycles. The van der Waals surface area contributed by atoms with Crippen molar-refractivity contribution < 1.29 is 37.7 Å². The topological polar surface area (TPSA) is 132 Å². The lowest BCUT2D eigenvalue weighted by Crippen LogP contribution is -2.54. The summed E-state index contributed by atoms with van der Waals surface area (Å²) in [6.07, 6.45) is -3.35. The first-order chi connectivity index (χ1) is 13.2. The van der Waals surface area contributed by atoms with Gasteiger partial charge < -0.3 is 19.7 Å². The van der Waals surface area contributed by atoms with E-state index in [9.17, 15) is 18.3 Å². The molecule has 1 atom stereocenters. The van der Waals surface area contributed by atoms with Gasteiger partial charge in [-0.05, 0) is 6.07 Å². The lowest BCUT2D eigenvalue weighted by atomic mass is 9.97. The zero-order valence-electron chi connectivity index (χ0n) is 14.7. The maximum absolute atomic E-state index is 10.6. The molecule has 3 N–H and O–H groups in total. The fourth-order valence-electron chi connectivity index (χ4n) is 2.25. The minimum absolute atomic E-state index is 0.114. The molecule has 1 aliphatic rings. The van der Waals surface area contributed by atoms with Crippen molar-refractivity contribution in [3.8, 4) is 11.7 Å². The normalized spacial score (nSPS) is 19.5. The number of aliphatic hydroxyl groups is 1. The highest BCUT2D eigenvalue weighted by atomic mass is 19.4. The number of carboxylic acids is 1. The number of carbonyl (C=O) groups is 1. The summed E-state index contributed by atoms with van der Waals surface area (Å²) in [6.45, 7) is 1.52. The smallest absolute Gasteiger partial charge is 0.481 e. The summed E-state index contributed by atoms with van der Waals surface area (Å²) in [5.41, 5.74) is -0.0932. The summed E-state index contributed by atoms with van der Waals surface area (Å²) in [6, 6.07) is 5.39. The van der Waals surface area contributed by atoms with Gasteiger partial charge in [0.05, 0.1) is 33.1 Å². The molecular formula is C15H18F3N5O5. The van der Waals surface area contributed by atoms with Crippen LogP contribution in [0.2, 0.25) is 0 Å². The summed E-state index contributed by atoms with van der Waals surface area (Å²) in [5.74, 6) is -1.66. The van der Waals surface area contributed by atoms with Crippen LogP contribution in [0.25, 0.3) is 5.82 Å². The Balaban J connectivity index is 0.000000345. The molecule has 2 aromatic rings. The number of ether oxygens (including phenoxy) is 2. The van der Waals surface area contributed by atoms with Crippen LogP contribution in [0.5, 0.6) is 5.88 Å². The van der Waals surface area contributed by atoms with Gasteiger partial charge in [-0.15, -0.1) is 5.10 Å². The molecule has 1 saturated heterocycles. The van der Waals surface area contributed by atoms with Crippen LogP contribution in [0.1, 0.15) is 5.69 Å². The van der Waals surface area contributed by atoms with Crippen LogP contribution in [0.4, 0.5) is 13.2 Å². The summed E-state index contributed by atoms with van der Waals surface area (Å²) in [5, 5.41) is 28.3. The SMILES string of the molecule is COc1cccc(-n2cc(C3(CO)COCCN3)nn2)n1.O=C(O)C(F)(F)F. The second-order valence-electron chi connectivity index (χ2n) is 5.61. The van der Waals surface area contributed by atoms with Crippen molar-refractivity contribution in [2.24, 2.45) is 0 Å². The highest BCUT2D eigenvalue weighted by molar-refractivity contribution is 5.73. The summed E-state index contributed by atoms with van der Waals surface area (Å²) in [4.78, 5) is 13.2. The number of alkyl halides is 3. The molecule has 3 heterocycles. The Morgan fingerprint density at radius 2 is 2.18 bits per heavy atom. The van der Waals surface area contributed by atoms with Crippen molar-refractivity contribution in [2.45, 2.75) is 11.7 Å². The van der Waals surface area contributed by atoms with E-state index in [1.807, 2.05) is 6.07 Å². The van der Waals surface area contributed by atoms with Crippen LogP contribution in [-0.2, 0) is 15.1 Å². The van der Waals surface area contributed by atoms with Gasteiger partial charge in [0.15, 0.2) is 5.82 Å². The van der Waals surface area contributed by atoms with E-state index in [0.717, 1.165) is 0 Å². The van der Waals surface area contributed by atoms with Crippen molar-refractivity contribution >= 4 is 5.97 Å². The Bertz CT molecular complexity index is 792. The zero-order chi connectivity index (χ0) is 20.8. The van der Waals surface area contributed by atoms with Crippen LogP contribution in [0.3, 0.4) is 0 Å². The van der Waals surface area contributed by atoms with Gasteiger partial charge in [-0.2, -0.15) is 18.2 Å². The molecule has 2 aromatic heterocycles. The molecule has 0 amide bonds. The van der Waals surface area contributed by atoms with Crippen LogP contribution >= 0.6 is 0 Å². The number of nitrogens with one attached hydrogen (secondary N) is 1. The molecular weight excluding hydrogens is 387 g/mol. The molecule has 0 spiro atoms. The number of nitrogens with zero attached hydrogens (tertiary/aromatic N) is 4. The third-order valence-corrected chi connectivity index (χ3v) is 3.71. The summed E-state index contributed by atoms with van der Waals surface area (Å²) >= 11 is 0. The van der Waals surface area contributed by atoms with Gasteiger partial charge in [0.1, 0.15) is 11.2 Å². The molecule has 0 radical (unpaired) electrons. The van der Waals surface area contributed by atoms with Crippen molar-refractivity contribution in [2.75, 3.05) is 33.5 Å². The van der Waals surface area contributed by atoms with Gasteiger partial charge >= 0.3 is 12.1 Å². The van der Waals surface area contributed by atoms with Gasteiger partial charge in [-0.25, -0.2) is 9.48 Å². The maximum atomic E-state index is 10.6. The average molecular weight is 405 g/mol. The minimum atomic E-state index is -5.08. The first kappa shape index (κ1) is 21.5. The number of aromatic nitrogens is 4. The minimum Gasteiger partial charge on any atom is -0.481 e. The molecule has 1 fully saturated rings. The monoisotopic (exact) mass is 405 g/mol. The zero-order valence-corrected chi connectivity index (χ0v) is 14.7. The van der Waals surface area contributed by atoms with E-state index in [2.05, 4.69) is 20.6 Å². The van der Waals surface area contributed by atoms with Gasteiger partial charge in [-0.1, -0.05) is 11.3 Å². The summed E-state index contributed by atoms with van der Waals surface area (Å²) < 4.78 is 43.8. The molecule has 1 unspecified atom stereocenters. The predicted molar refractivity (Wildman–Crippen MR) is 87.0 cm³/mol. The van der Waals surface area contributed by atoms with E-state index in [-0.39, 0.29) is 6.61 Å². The number of hydrogen-bond donors (Lipinski definition) is 3. The van der Waals surface area contributed by atoms with Crippen LogP contribution in [-0.4, -0.2) is 75.8 Å². The quantitative estimate of drug-likeness (QED) is 0.648. The van der Waals surface area contributed by atoms with Gasteiger partial charge in [0, 0.05) is 12.6 Å². The number of pyridine rings is 1. The largest absolute Gasteiger partial charge is 0.490 e. The van der Waals surface area contributed by atoms with Crippen molar-refractivity contribution in [3.05, 3.63) is 30.1 Å². The molecule has 154 valence electrons. The lowest BCUT2D eigenvalue weighted by molar-refractivity contribution is -0.192. The molecule has 13 heteroatoms. The number of aliphatic hydroxyl groups excluding tert-OH is 1. The van der Waals surface area contributed by atoms with Gasteiger partial charge in [0.2, 0.25) is 5.88 Å². The third-order valence-electron chi connectivity index (χ3n) is 3.71. The first-order valence-corrected chi connectivity index (χ1v) is 7.90. The Hall–Kier alpha value is -2.77. The number of halogens is 3. The maximum Gasteiger partial charge on any atom is 0.490 e. The number of rotatable bonds is 4. The van der Waals surface area contributed by atoms with E-state index in [1.54, 1.807) is 30.1 Å². The number of aliphatic carboxylic acids is 1. The Morgan fingerprint density at radius 3 is 2.71 bits per heavy atom. The standard InChI is InChI=1S/C13H17N5O3.C2HF3O2/c1-20-12-4-2-3-11(15-12)18-7-10(16-17-18)13(8-19)9-21-6-5-14-13;3-2(4,5)1(6)7/h2-4,7,14,19H,5-6,8-9H2,1H3;(H,6,7). The van der Waals surface area contributed by atoms with Crippen molar-refractivity contribution in [3.63, 3.8) is 0 Å². The second-order valence-corrected chi connectivity index (χ2v) is 5.61. The van der Waals surface area contributed by atoms with Crippen molar-refractivity contribution in [1.29, 1.82) is 0 Å². The number of methoxy groups -OCH3 is 1. The van der Waals surface area contributed by atoms with Crippen LogP contribution in [0, 0.1) is 0 Å². The molecule has 3 rings (SSSR count). The molecule has 0 saturated carbocycles. The fraction of sp³-hybridized carbons (Fsp3) is 0.467. The molecule has 0 aromatic carbocycles. The van der Waals surface area contributed by atoms with E-state index >= 15 is 0 Å². The number of carboxylic acid groups (broad SMARTS) is 1. The number of hydrogen-bond acceptors (Lipinski definition) is 8. The van der Waals surface area contributed by atoms with E-state index in [0.29, 0.717) is 37.2 Å². The Morgan fingerprint density at radius 1 is 1.46 bits per heavy atom. The van der Waals surface area contributed by atoms with Gasteiger partial charge in [-0.3, -0.25) is 5.32 Å². The highest BCUT2D eigenvalue weighted by Gasteiger charge is 2.38. The van der Waals surface area contributed by atoms with Crippen molar-refractivity contribution in [1.82, 2.24) is 25.3 Å². The molecule has 1 aliphatic heterocycles. The lowest BCUT2D eigenvalue weighted by Gasteiger charge is -2.34.